The summed E-state index contributed by atoms with van der Waals surface area (Å²) in [5, 5.41) is 3.14. The minimum atomic E-state index is -0.396. The number of hydrogen-bond acceptors (Lipinski definition) is 3. The van der Waals surface area contributed by atoms with Gasteiger partial charge in [0.2, 0.25) is 0 Å². The van der Waals surface area contributed by atoms with Gasteiger partial charge in [-0.25, -0.2) is 4.99 Å². The highest BCUT2D eigenvalue weighted by Gasteiger charge is 2.42. The molecular formula is C14H17N3O. The van der Waals surface area contributed by atoms with Gasteiger partial charge >= 0.3 is 0 Å². The molecule has 0 atom stereocenters. The van der Waals surface area contributed by atoms with Crippen LogP contribution in [0.3, 0.4) is 0 Å². The SMILES string of the molecule is O=C1N=CNC12CCN(Cc1ccccc1)CC2. The van der Waals surface area contributed by atoms with Crippen LogP contribution in [0.15, 0.2) is 35.3 Å². The third-order valence-electron chi connectivity index (χ3n) is 3.89. The molecule has 0 unspecified atom stereocenters. The summed E-state index contributed by atoms with van der Waals surface area (Å²) in [5.74, 6) is 0.00172. The topological polar surface area (TPSA) is 44.7 Å². The molecule has 0 aromatic heterocycles. The van der Waals surface area contributed by atoms with Crippen molar-refractivity contribution < 1.29 is 4.79 Å². The summed E-state index contributed by atoms with van der Waals surface area (Å²) in [6.07, 6.45) is 3.24. The number of benzene rings is 1. The fraction of sp³-hybridized carbons (Fsp3) is 0.429. The second kappa shape index (κ2) is 4.53. The van der Waals surface area contributed by atoms with E-state index in [0.717, 1.165) is 32.5 Å². The quantitative estimate of drug-likeness (QED) is 0.848. The lowest BCUT2D eigenvalue weighted by molar-refractivity contribution is -0.124. The molecule has 1 aromatic carbocycles. The molecule has 0 saturated carbocycles. The first kappa shape index (κ1) is 11.4. The Hall–Kier alpha value is -1.68. The van der Waals surface area contributed by atoms with Gasteiger partial charge in [0, 0.05) is 19.6 Å². The lowest BCUT2D eigenvalue weighted by atomic mass is 9.87. The first-order valence-electron chi connectivity index (χ1n) is 6.39. The maximum absolute atomic E-state index is 11.7. The van der Waals surface area contributed by atoms with Crippen molar-refractivity contribution in [3.8, 4) is 0 Å². The standard InChI is InChI=1S/C14H17N3O/c18-13-14(16-11-15-13)6-8-17(9-7-14)10-12-4-2-1-3-5-12/h1-5,11H,6-10H2,(H,15,16,18). The van der Waals surface area contributed by atoms with Crippen LogP contribution >= 0.6 is 0 Å². The summed E-state index contributed by atoms with van der Waals surface area (Å²) in [7, 11) is 0. The molecule has 94 valence electrons. The Labute approximate surface area is 107 Å². The molecule has 2 aliphatic rings. The molecule has 1 saturated heterocycles. The maximum atomic E-state index is 11.7. The number of likely N-dealkylation sites (tertiary alicyclic amines) is 1. The van der Waals surface area contributed by atoms with Crippen LogP contribution in [0.1, 0.15) is 18.4 Å². The molecule has 0 radical (unpaired) electrons. The van der Waals surface area contributed by atoms with Gasteiger partial charge in [-0.1, -0.05) is 30.3 Å². The fourth-order valence-electron chi connectivity index (χ4n) is 2.69. The fourth-order valence-corrected chi connectivity index (χ4v) is 2.69. The normalized spacial score (nSPS) is 22.3. The molecule has 1 aromatic rings. The number of piperidine rings is 1. The third kappa shape index (κ3) is 2.04. The monoisotopic (exact) mass is 243 g/mol. The number of carbonyl (C=O) groups excluding carboxylic acids is 1. The lowest BCUT2D eigenvalue weighted by Crippen LogP contribution is -2.54. The Morgan fingerprint density at radius 2 is 1.94 bits per heavy atom. The van der Waals surface area contributed by atoms with Crippen molar-refractivity contribution in [3.05, 3.63) is 35.9 Å². The van der Waals surface area contributed by atoms with Crippen molar-refractivity contribution in [2.24, 2.45) is 4.99 Å². The zero-order valence-corrected chi connectivity index (χ0v) is 10.3. The van der Waals surface area contributed by atoms with Gasteiger partial charge in [-0.2, -0.15) is 0 Å². The molecule has 1 amide bonds. The van der Waals surface area contributed by atoms with Crippen LogP contribution in [0.4, 0.5) is 0 Å². The van der Waals surface area contributed by atoms with E-state index in [0.29, 0.717) is 0 Å². The van der Waals surface area contributed by atoms with Crippen LogP contribution in [-0.4, -0.2) is 35.8 Å². The van der Waals surface area contributed by atoms with Gasteiger partial charge in [-0.3, -0.25) is 9.69 Å². The zero-order chi connectivity index (χ0) is 12.4. The third-order valence-corrected chi connectivity index (χ3v) is 3.89. The number of carbonyl (C=O) groups is 1. The van der Waals surface area contributed by atoms with E-state index in [2.05, 4.69) is 39.5 Å². The second-order valence-corrected chi connectivity index (χ2v) is 5.05. The van der Waals surface area contributed by atoms with Gasteiger partial charge in [0.15, 0.2) is 0 Å². The van der Waals surface area contributed by atoms with E-state index in [-0.39, 0.29) is 5.91 Å². The van der Waals surface area contributed by atoms with Gasteiger partial charge < -0.3 is 5.32 Å². The van der Waals surface area contributed by atoms with Crippen molar-refractivity contribution in [1.82, 2.24) is 10.2 Å². The molecule has 4 heteroatoms. The molecule has 1 fully saturated rings. The number of aliphatic imine (C=N–C) groups is 1. The molecule has 4 nitrogen and oxygen atoms in total. The first-order chi connectivity index (χ1) is 8.78. The van der Waals surface area contributed by atoms with E-state index >= 15 is 0 Å². The Kier molecular flexibility index (Phi) is 2.88. The summed E-state index contributed by atoms with van der Waals surface area (Å²) in [6, 6.07) is 10.5. The average molecular weight is 243 g/mol. The predicted molar refractivity (Wildman–Crippen MR) is 70.3 cm³/mol. The maximum Gasteiger partial charge on any atom is 0.272 e. The minimum Gasteiger partial charge on any atom is -0.362 e. The lowest BCUT2D eigenvalue weighted by Gasteiger charge is -2.37. The highest BCUT2D eigenvalue weighted by molar-refractivity contribution is 5.98. The molecule has 2 heterocycles. The highest BCUT2D eigenvalue weighted by Crippen LogP contribution is 2.26. The van der Waals surface area contributed by atoms with Gasteiger partial charge in [-0.15, -0.1) is 0 Å². The van der Waals surface area contributed by atoms with Crippen LogP contribution in [0.5, 0.6) is 0 Å². The summed E-state index contributed by atoms with van der Waals surface area (Å²) >= 11 is 0. The van der Waals surface area contributed by atoms with Crippen molar-refractivity contribution in [2.45, 2.75) is 24.9 Å². The van der Waals surface area contributed by atoms with E-state index in [1.165, 1.54) is 5.56 Å². The number of nitrogens with one attached hydrogen (secondary N) is 1. The summed E-state index contributed by atoms with van der Waals surface area (Å²) in [5.41, 5.74) is 0.933. The van der Waals surface area contributed by atoms with Crippen molar-refractivity contribution >= 4 is 12.2 Å². The molecule has 2 aliphatic heterocycles. The second-order valence-electron chi connectivity index (χ2n) is 5.05. The van der Waals surface area contributed by atoms with Gasteiger partial charge in [0.05, 0.1) is 6.34 Å². The number of nitrogens with zero attached hydrogens (tertiary/aromatic N) is 2. The minimum absolute atomic E-state index is 0.00172. The Morgan fingerprint density at radius 1 is 1.22 bits per heavy atom. The van der Waals surface area contributed by atoms with Crippen LogP contribution in [0.2, 0.25) is 0 Å². The van der Waals surface area contributed by atoms with Crippen LogP contribution < -0.4 is 5.32 Å². The average Bonchev–Trinajstić information content (AvgIpc) is 2.75. The number of rotatable bonds is 2. The summed E-state index contributed by atoms with van der Waals surface area (Å²) in [6.45, 7) is 2.85. The van der Waals surface area contributed by atoms with E-state index in [4.69, 9.17) is 0 Å². The smallest absolute Gasteiger partial charge is 0.272 e. The van der Waals surface area contributed by atoms with Crippen LogP contribution in [0.25, 0.3) is 0 Å². The van der Waals surface area contributed by atoms with Gasteiger partial charge in [-0.05, 0) is 18.4 Å². The van der Waals surface area contributed by atoms with Crippen molar-refractivity contribution in [1.29, 1.82) is 0 Å². The zero-order valence-electron chi connectivity index (χ0n) is 10.3. The number of amides is 1. The Bertz CT molecular complexity index is 461. The van der Waals surface area contributed by atoms with Gasteiger partial charge in [0.25, 0.3) is 5.91 Å². The largest absolute Gasteiger partial charge is 0.362 e. The Balaban J connectivity index is 1.59. The first-order valence-corrected chi connectivity index (χ1v) is 6.39. The van der Waals surface area contributed by atoms with E-state index in [1.54, 1.807) is 6.34 Å². The van der Waals surface area contributed by atoms with Crippen molar-refractivity contribution in [2.75, 3.05) is 13.1 Å². The molecule has 0 aliphatic carbocycles. The molecular weight excluding hydrogens is 226 g/mol. The van der Waals surface area contributed by atoms with E-state index < -0.39 is 5.54 Å². The molecule has 1 N–H and O–H groups in total. The van der Waals surface area contributed by atoms with E-state index in [1.807, 2.05) is 6.07 Å². The molecule has 1 spiro atoms. The Morgan fingerprint density at radius 3 is 2.56 bits per heavy atom. The van der Waals surface area contributed by atoms with E-state index in [9.17, 15) is 4.79 Å². The van der Waals surface area contributed by atoms with Crippen LogP contribution in [-0.2, 0) is 11.3 Å². The molecule has 18 heavy (non-hydrogen) atoms. The van der Waals surface area contributed by atoms with Crippen LogP contribution in [0, 0.1) is 0 Å². The predicted octanol–water partition coefficient (Wildman–Crippen LogP) is 1.18. The van der Waals surface area contributed by atoms with Crippen molar-refractivity contribution in [3.63, 3.8) is 0 Å². The summed E-state index contributed by atoms with van der Waals surface area (Å²) in [4.78, 5) is 18.0. The van der Waals surface area contributed by atoms with Gasteiger partial charge in [0.1, 0.15) is 5.54 Å². The molecule has 3 rings (SSSR count). The highest BCUT2D eigenvalue weighted by atomic mass is 16.2. The molecule has 0 bridgehead atoms. The number of hydrogen-bond donors (Lipinski definition) is 1. The summed E-state index contributed by atoms with van der Waals surface area (Å²) < 4.78 is 0.